The number of nitrogens with one attached hydrogen (secondary N) is 1. The first-order valence-corrected chi connectivity index (χ1v) is 9.56. The molecule has 2 heterocycles. The van der Waals surface area contributed by atoms with Crippen LogP contribution in [-0.2, 0) is 9.53 Å². The Hall–Kier alpha value is -3.02. The molecule has 146 valence electrons. The van der Waals surface area contributed by atoms with Gasteiger partial charge < -0.3 is 20.4 Å². The van der Waals surface area contributed by atoms with Crippen LogP contribution in [0.4, 0.5) is 5.69 Å². The van der Waals surface area contributed by atoms with Crippen molar-refractivity contribution in [1.82, 2.24) is 9.55 Å². The Bertz CT molecular complexity index is 972. The van der Waals surface area contributed by atoms with E-state index in [1.165, 1.54) is 0 Å². The van der Waals surface area contributed by atoms with Gasteiger partial charge in [0.15, 0.2) is 5.60 Å². The Balaban J connectivity index is 1.52. The number of carbonyl (C=O) groups excluding carboxylic acids is 1. The molecule has 4 rings (SSSR count). The van der Waals surface area contributed by atoms with E-state index in [1.54, 1.807) is 12.5 Å². The van der Waals surface area contributed by atoms with Gasteiger partial charge in [-0.25, -0.2) is 4.98 Å². The zero-order chi connectivity index (χ0) is 20.1. The average molecular weight is 378 g/mol. The Morgan fingerprint density at radius 1 is 1.29 bits per heavy atom. The van der Waals surface area contributed by atoms with Crippen molar-refractivity contribution in [2.75, 3.05) is 5.32 Å². The van der Waals surface area contributed by atoms with Gasteiger partial charge in [-0.05, 0) is 56.2 Å². The van der Waals surface area contributed by atoms with E-state index < -0.39 is 5.60 Å². The molecule has 2 aromatic rings. The molecular weight excluding hydrogens is 352 g/mol. The van der Waals surface area contributed by atoms with Gasteiger partial charge in [0.25, 0.3) is 5.91 Å². The lowest BCUT2D eigenvalue weighted by atomic mass is 9.77. The zero-order valence-electron chi connectivity index (χ0n) is 16.7. The highest BCUT2D eigenvalue weighted by molar-refractivity contribution is 5.97. The van der Waals surface area contributed by atoms with Crippen molar-refractivity contribution in [1.29, 1.82) is 0 Å². The van der Waals surface area contributed by atoms with Gasteiger partial charge in [-0.1, -0.05) is 6.92 Å². The van der Waals surface area contributed by atoms with Crippen LogP contribution in [0.1, 0.15) is 34.1 Å². The van der Waals surface area contributed by atoms with Gasteiger partial charge in [0.1, 0.15) is 5.76 Å². The van der Waals surface area contributed by atoms with Gasteiger partial charge in [0, 0.05) is 47.7 Å². The van der Waals surface area contributed by atoms with Crippen molar-refractivity contribution in [3.8, 4) is 5.69 Å². The Labute approximate surface area is 165 Å². The fourth-order valence-electron chi connectivity index (χ4n) is 4.12. The summed E-state index contributed by atoms with van der Waals surface area (Å²) in [6.45, 7) is 8.01. The summed E-state index contributed by atoms with van der Waals surface area (Å²) in [4.78, 5) is 17.1. The van der Waals surface area contributed by atoms with Gasteiger partial charge in [-0.2, -0.15) is 0 Å². The van der Waals surface area contributed by atoms with E-state index in [4.69, 9.17) is 10.5 Å². The number of benzene rings is 1. The van der Waals surface area contributed by atoms with Crippen molar-refractivity contribution in [3.05, 3.63) is 65.6 Å². The number of amides is 1. The molecule has 1 amide bonds. The van der Waals surface area contributed by atoms with Crippen LogP contribution in [-0.4, -0.2) is 21.1 Å². The number of nitrogens with two attached hydrogens (primary N) is 1. The number of rotatable bonds is 3. The van der Waals surface area contributed by atoms with Gasteiger partial charge in [0.2, 0.25) is 0 Å². The van der Waals surface area contributed by atoms with E-state index in [1.807, 2.05) is 55.8 Å². The van der Waals surface area contributed by atoms with Crippen molar-refractivity contribution in [3.63, 3.8) is 0 Å². The number of carbonyl (C=O) groups is 1. The van der Waals surface area contributed by atoms with E-state index in [9.17, 15) is 4.79 Å². The van der Waals surface area contributed by atoms with Crippen LogP contribution in [0.2, 0.25) is 0 Å². The number of hydrogen-bond acceptors (Lipinski definition) is 4. The zero-order valence-corrected chi connectivity index (χ0v) is 16.7. The highest BCUT2D eigenvalue weighted by atomic mass is 16.5. The lowest BCUT2D eigenvalue weighted by molar-refractivity contribution is -0.131. The SMILES string of the molecule is CC1=C(N)C(C)C2CC(C)(C(=O)Nc3ccc(-n4ccnc4)cc3)OC2=C1C. The fourth-order valence-corrected chi connectivity index (χ4v) is 4.12. The predicted molar refractivity (Wildman–Crippen MR) is 109 cm³/mol. The lowest BCUT2D eigenvalue weighted by Gasteiger charge is -2.28. The number of aromatic nitrogens is 2. The van der Waals surface area contributed by atoms with Crippen molar-refractivity contribution >= 4 is 11.6 Å². The van der Waals surface area contributed by atoms with Crippen LogP contribution in [0.25, 0.3) is 5.69 Å². The van der Waals surface area contributed by atoms with Crippen LogP contribution in [0.3, 0.4) is 0 Å². The quantitative estimate of drug-likeness (QED) is 0.852. The molecule has 0 saturated carbocycles. The summed E-state index contributed by atoms with van der Waals surface area (Å²) in [5, 5.41) is 3.00. The summed E-state index contributed by atoms with van der Waals surface area (Å²) in [6, 6.07) is 7.65. The normalized spacial score (nSPS) is 26.9. The second-order valence-corrected chi connectivity index (χ2v) is 7.97. The first kappa shape index (κ1) is 18.3. The molecule has 6 heteroatoms. The minimum Gasteiger partial charge on any atom is -0.481 e. The standard InChI is InChI=1S/C22H26N4O2/c1-13-14(2)20-18(15(3)19(13)23)11-22(4,28-20)21(27)25-16-5-7-17(8-6-16)26-10-9-24-12-26/h5-10,12,15,18H,11,23H2,1-4H3,(H,25,27). The molecule has 3 unspecified atom stereocenters. The first-order chi connectivity index (χ1) is 13.3. The summed E-state index contributed by atoms with van der Waals surface area (Å²) < 4.78 is 8.15. The number of hydrogen-bond donors (Lipinski definition) is 2. The maximum atomic E-state index is 13.1. The average Bonchev–Trinajstić information content (AvgIpc) is 3.34. The van der Waals surface area contributed by atoms with Crippen LogP contribution in [0, 0.1) is 11.8 Å². The Morgan fingerprint density at radius 3 is 2.64 bits per heavy atom. The molecule has 28 heavy (non-hydrogen) atoms. The molecule has 0 radical (unpaired) electrons. The fraction of sp³-hybridized carbons (Fsp3) is 0.364. The summed E-state index contributed by atoms with van der Waals surface area (Å²) >= 11 is 0. The monoisotopic (exact) mass is 378 g/mol. The van der Waals surface area contributed by atoms with Crippen LogP contribution < -0.4 is 11.1 Å². The van der Waals surface area contributed by atoms with Crippen LogP contribution >= 0.6 is 0 Å². The molecule has 1 fully saturated rings. The molecule has 1 aromatic carbocycles. The van der Waals surface area contributed by atoms with E-state index in [-0.39, 0.29) is 17.7 Å². The van der Waals surface area contributed by atoms with E-state index >= 15 is 0 Å². The Kier molecular flexibility index (Phi) is 4.29. The second kappa shape index (κ2) is 6.55. The molecule has 1 saturated heterocycles. The number of allylic oxidation sites excluding steroid dienone is 4. The summed E-state index contributed by atoms with van der Waals surface area (Å²) in [6.07, 6.45) is 5.96. The smallest absolute Gasteiger partial charge is 0.268 e. The highest BCUT2D eigenvalue weighted by Crippen LogP contribution is 2.49. The third kappa shape index (κ3) is 2.89. The molecule has 1 aliphatic heterocycles. The molecule has 3 atom stereocenters. The topological polar surface area (TPSA) is 82.2 Å². The van der Waals surface area contributed by atoms with Gasteiger partial charge >= 0.3 is 0 Å². The molecule has 6 nitrogen and oxygen atoms in total. The minimum atomic E-state index is -0.913. The number of fused-ring (bicyclic) bond motifs is 1. The maximum Gasteiger partial charge on any atom is 0.268 e. The first-order valence-electron chi connectivity index (χ1n) is 9.56. The molecule has 2 aliphatic rings. The number of imidazole rings is 1. The second-order valence-electron chi connectivity index (χ2n) is 7.97. The Morgan fingerprint density at radius 2 is 2.00 bits per heavy atom. The summed E-state index contributed by atoms with van der Waals surface area (Å²) in [5.74, 6) is 1.08. The third-order valence-corrected chi connectivity index (χ3v) is 6.15. The van der Waals surface area contributed by atoms with E-state index in [0.717, 1.165) is 34.0 Å². The largest absolute Gasteiger partial charge is 0.481 e. The lowest BCUT2D eigenvalue weighted by Crippen LogP contribution is -2.39. The molecule has 0 bridgehead atoms. The number of anilines is 1. The number of ether oxygens (including phenoxy) is 1. The van der Waals surface area contributed by atoms with Crippen molar-refractivity contribution in [2.24, 2.45) is 17.6 Å². The number of nitrogens with zero attached hydrogens (tertiary/aromatic N) is 2. The van der Waals surface area contributed by atoms with Crippen molar-refractivity contribution in [2.45, 2.75) is 39.7 Å². The van der Waals surface area contributed by atoms with Crippen LogP contribution in [0.15, 0.2) is 65.6 Å². The molecular formula is C22H26N4O2. The van der Waals surface area contributed by atoms with Gasteiger partial charge in [0.05, 0.1) is 6.33 Å². The minimum absolute atomic E-state index is 0.138. The van der Waals surface area contributed by atoms with Crippen LogP contribution in [0.5, 0.6) is 0 Å². The maximum absolute atomic E-state index is 13.1. The summed E-state index contributed by atoms with van der Waals surface area (Å²) in [7, 11) is 0. The summed E-state index contributed by atoms with van der Waals surface area (Å²) in [5.41, 5.74) is 10.1. The third-order valence-electron chi connectivity index (χ3n) is 6.15. The molecule has 1 aliphatic carbocycles. The van der Waals surface area contributed by atoms with Gasteiger partial charge in [-0.15, -0.1) is 0 Å². The predicted octanol–water partition coefficient (Wildman–Crippen LogP) is 3.76. The molecule has 3 N–H and O–H groups in total. The molecule has 1 aromatic heterocycles. The van der Waals surface area contributed by atoms with Gasteiger partial charge in [-0.3, -0.25) is 4.79 Å². The molecule has 0 spiro atoms. The highest BCUT2D eigenvalue weighted by Gasteiger charge is 2.50. The van der Waals surface area contributed by atoms with E-state index in [0.29, 0.717) is 6.42 Å². The van der Waals surface area contributed by atoms with Crippen molar-refractivity contribution < 1.29 is 9.53 Å². The van der Waals surface area contributed by atoms with E-state index in [2.05, 4.69) is 17.2 Å².